The van der Waals surface area contributed by atoms with Crippen LogP contribution in [0.25, 0.3) is 0 Å². The van der Waals surface area contributed by atoms with E-state index >= 15 is 0 Å². The summed E-state index contributed by atoms with van der Waals surface area (Å²) in [6, 6.07) is 19.4. The van der Waals surface area contributed by atoms with E-state index in [4.69, 9.17) is 14.2 Å². The first kappa shape index (κ1) is 18.6. The lowest BCUT2D eigenvalue weighted by Gasteiger charge is -2.15. The number of esters is 1. The maximum atomic E-state index is 12.0. The molecule has 1 aliphatic rings. The van der Waals surface area contributed by atoms with E-state index in [2.05, 4.69) is 0 Å². The molecule has 26 heavy (non-hydrogen) atoms. The third-order valence-electron chi connectivity index (χ3n) is 4.33. The molecule has 138 valence electrons. The molecule has 1 heterocycles. The highest BCUT2D eigenvalue weighted by Crippen LogP contribution is 2.24. The fourth-order valence-corrected chi connectivity index (χ4v) is 2.95. The first-order valence-corrected chi connectivity index (χ1v) is 8.85. The van der Waals surface area contributed by atoms with Crippen molar-refractivity contribution in [3.05, 3.63) is 71.8 Å². The van der Waals surface area contributed by atoms with E-state index in [1.807, 2.05) is 60.7 Å². The van der Waals surface area contributed by atoms with Crippen molar-refractivity contribution in [1.82, 2.24) is 0 Å². The summed E-state index contributed by atoms with van der Waals surface area (Å²) >= 11 is 0. The third-order valence-corrected chi connectivity index (χ3v) is 4.33. The van der Waals surface area contributed by atoms with E-state index in [1.165, 1.54) is 0 Å². The molecule has 0 aliphatic carbocycles. The van der Waals surface area contributed by atoms with Gasteiger partial charge in [0, 0.05) is 6.42 Å². The van der Waals surface area contributed by atoms with E-state index in [9.17, 15) is 9.90 Å². The Balaban J connectivity index is 1.37. The number of rotatable bonds is 8. The Morgan fingerprint density at radius 1 is 1.00 bits per heavy atom. The van der Waals surface area contributed by atoms with Crippen LogP contribution in [-0.4, -0.2) is 36.0 Å². The molecule has 3 atom stereocenters. The minimum Gasteiger partial charge on any atom is -0.461 e. The van der Waals surface area contributed by atoms with Gasteiger partial charge in [-0.2, -0.15) is 0 Å². The minimum absolute atomic E-state index is 0.138. The van der Waals surface area contributed by atoms with Crippen LogP contribution in [-0.2, 0) is 32.2 Å². The van der Waals surface area contributed by atoms with Crippen LogP contribution in [0, 0.1) is 0 Å². The summed E-state index contributed by atoms with van der Waals surface area (Å²) in [5.41, 5.74) is 2.02. The van der Waals surface area contributed by atoms with E-state index in [0.29, 0.717) is 19.6 Å². The van der Waals surface area contributed by atoms with Crippen LogP contribution in [0.2, 0.25) is 0 Å². The van der Waals surface area contributed by atoms with Gasteiger partial charge in [-0.1, -0.05) is 60.7 Å². The van der Waals surface area contributed by atoms with E-state index < -0.39 is 12.2 Å². The van der Waals surface area contributed by atoms with E-state index in [0.717, 1.165) is 11.1 Å². The molecule has 0 aromatic heterocycles. The Morgan fingerprint density at radius 3 is 2.27 bits per heavy atom. The van der Waals surface area contributed by atoms with Crippen molar-refractivity contribution >= 4 is 5.97 Å². The predicted octanol–water partition coefficient (Wildman–Crippen LogP) is 2.86. The fraction of sp³-hybridized carbons (Fsp3) is 0.381. The molecule has 1 fully saturated rings. The second kappa shape index (κ2) is 9.48. The van der Waals surface area contributed by atoms with Gasteiger partial charge in [0.1, 0.15) is 12.7 Å². The fourth-order valence-electron chi connectivity index (χ4n) is 2.95. The maximum absolute atomic E-state index is 12.0. The standard InChI is InChI=1S/C21H24O5/c22-19-11-18(12-21(23)25-14-17-9-5-2-6-10-17)26-20(19)15-24-13-16-7-3-1-4-8-16/h1-10,18-20,22H,11-15H2/t18?,19-,20+/m0/s1. The number of aliphatic hydroxyl groups excluding tert-OH is 1. The van der Waals surface area contributed by atoms with Crippen molar-refractivity contribution < 1.29 is 24.1 Å². The lowest BCUT2D eigenvalue weighted by molar-refractivity contribution is -0.148. The highest BCUT2D eigenvalue weighted by atomic mass is 16.6. The molecule has 3 rings (SSSR count). The van der Waals surface area contributed by atoms with Gasteiger partial charge in [0.15, 0.2) is 0 Å². The van der Waals surface area contributed by atoms with Gasteiger partial charge < -0.3 is 19.3 Å². The first-order chi connectivity index (χ1) is 12.7. The second-order valence-corrected chi connectivity index (χ2v) is 6.45. The maximum Gasteiger partial charge on any atom is 0.308 e. The summed E-state index contributed by atoms with van der Waals surface area (Å²) in [6.45, 7) is 1.02. The van der Waals surface area contributed by atoms with Gasteiger partial charge in [0.25, 0.3) is 0 Å². The number of carbonyl (C=O) groups excluding carboxylic acids is 1. The smallest absolute Gasteiger partial charge is 0.308 e. The van der Waals surface area contributed by atoms with Gasteiger partial charge in [0.2, 0.25) is 0 Å². The summed E-state index contributed by atoms with van der Waals surface area (Å²) in [5.74, 6) is -0.322. The Kier molecular flexibility index (Phi) is 6.77. The molecule has 2 aromatic carbocycles. The van der Waals surface area contributed by atoms with Gasteiger partial charge >= 0.3 is 5.97 Å². The van der Waals surface area contributed by atoms with Crippen molar-refractivity contribution in [2.24, 2.45) is 0 Å². The van der Waals surface area contributed by atoms with Crippen molar-refractivity contribution in [2.75, 3.05) is 6.61 Å². The highest BCUT2D eigenvalue weighted by Gasteiger charge is 2.35. The van der Waals surface area contributed by atoms with Crippen molar-refractivity contribution in [3.8, 4) is 0 Å². The zero-order chi connectivity index (χ0) is 18.2. The van der Waals surface area contributed by atoms with Gasteiger partial charge in [-0.05, 0) is 11.1 Å². The summed E-state index contributed by atoms with van der Waals surface area (Å²) < 4.78 is 16.7. The SMILES string of the molecule is O=C(CC1C[C@H](O)[C@@H](COCc2ccccc2)O1)OCc1ccccc1. The Morgan fingerprint density at radius 2 is 1.62 bits per heavy atom. The molecule has 0 spiro atoms. The van der Waals surface area contributed by atoms with Gasteiger partial charge in [0.05, 0.1) is 31.8 Å². The number of hydrogen-bond acceptors (Lipinski definition) is 5. The lowest BCUT2D eigenvalue weighted by Crippen LogP contribution is -2.26. The molecule has 2 aromatic rings. The Hall–Kier alpha value is -2.21. The molecular weight excluding hydrogens is 332 g/mol. The van der Waals surface area contributed by atoms with Crippen molar-refractivity contribution in [3.63, 3.8) is 0 Å². The third kappa shape index (κ3) is 5.66. The average Bonchev–Trinajstić information content (AvgIpc) is 3.01. The molecular formula is C21H24O5. The Bertz CT molecular complexity index is 673. The number of aliphatic hydroxyl groups is 1. The lowest BCUT2D eigenvalue weighted by atomic mass is 10.1. The van der Waals surface area contributed by atoms with Gasteiger partial charge in [-0.3, -0.25) is 4.79 Å². The average molecular weight is 356 g/mol. The van der Waals surface area contributed by atoms with Crippen LogP contribution in [0.15, 0.2) is 60.7 Å². The van der Waals surface area contributed by atoms with Gasteiger partial charge in [-0.25, -0.2) is 0 Å². The molecule has 0 amide bonds. The van der Waals surface area contributed by atoms with Crippen LogP contribution in [0.3, 0.4) is 0 Å². The summed E-state index contributed by atoms with van der Waals surface area (Å²) in [4.78, 5) is 12.0. The zero-order valence-electron chi connectivity index (χ0n) is 14.6. The van der Waals surface area contributed by atoms with Crippen molar-refractivity contribution in [2.45, 2.75) is 44.4 Å². The molecule has 5 heteroatoms. The van der Waals surface area contributed by atoms with Crippen LogP contribution >= 0.6 is 0 Å². The zero-order valence-corrected chi connectivity index (χ0v) is 14.6. The molecule has 1 unspecified atom stereocenters. The van der Waals surface area contributed by atoms with Crippen LogP contribution in [0.5, 0.6) is 0 Å². The molecule has 0 saturated carbocycles. The highest BCUT2D eigenvalue weighted by molar-refractivity contribution is 5.70. The summed E-state index contributed by atoms with van der Waals surface area (Å²) in [7, 11) is 0. The largest absolute Gasteiger partial charge is 0.461 e. The van der Waals surface area contributed by atoms with Crippen LogP contribution in [0.4, 0.5) is 0 Å². The normalized spacial score (nSPS) is 22.3. The molecule has 0 bridgehead atoms. The monoisotopic (exact) mass is 356 g/mol. The molecule has 1 N–H and O–H groups in total. The number of hydrogen-bond donors (Lipinski definition) is 1. The molecule has 0 radical (unpaired) electrons. The number of carbonyl (C=O) groups is 1. The molecule has 5 nitrogen and oxygen atoms in total. The predicted molar refractivity (Wildman–Crippen MR) is 96.2 cm³/mol. The molecule has 1 saturated heterocycles. The number of ether oxygens (including phenoxy) is 3. The van der Waals surface area contributed by atoms with E-state index in [-0.39, 0.29) is 25.1 Å². The first-order valence-electron chi connectivity index (χ1n) is 8.85. The number of benzene rings is 2. The minimum atomic E-state index is -0.627. The van der Waals surface area contributed by atoms with Gasteiger partial charge in [-0.15, -0.1) is 0 Å². The van der Waals surface area contributed by atoms with E-state index in [1.54, 1.807) is 0 Å². The summed E-state index contributed by atoms with van der Waals surface area (Å²) in [5, 5.41) is 10.1. The topological polar surface area (TPSA) is 65.0 Å². The summed E-state index contributed by atoms with van der Waals surface area (Å²) in [6.07, 6.45) is -0.819. The van der Waals surface area contributed by atoms with Crippen LogP contribution < -0.4 is 0 Å². The Labute approximate surface area is 153 Å². The van der Waals surface area contributed by atoms with Crippen molar-refractivity contribution in [1.29, 1.82) is 0 Å². The molecule has 1 aliphatic heterocycles. The quantitative estimate of drug-likeness (QED) is 0.737. The second-order valence-electron chi connectivity index (χ2n) is 6.45. The van der Waals surface area contributed by atoms with Crippen LogP contribution in [0.1, 0.15) is 24.0 Å².